The van der Waals surface area contributed by atoms with Gasteiger partial charge in [0.05, 0.1) is 23.7 Å². The molecule has 2 heterocycles. The fraction of sp³-hybridized carbons (Fsp3) is 0.579. The monoisotopic (exact) mass is 487 g/mol. The molecule has 1 atom stereocenters. The lowest BCUT2D eigenvalue weighted by Crippen LogP contribution is -2.38. The van der Waals surface area contributed by atoms with Crippen molar-refractivity contribution in [3.05, 3.63) is 30.1 Å². The third kappa shape index (κ3) is 7.27. The van der Waals surface area contributed by atoms with E-state index in [1.54, 1.807) is 7.05 Å². The molecule has 27 heavy (non-hydrogen) atoms. The van der Waals surface area contributed by atoms with Crippen LogP contribution >= 0.6 is 24.0 Å². The maximum atomic E-state index is 5.76. The molecule has 1 aliphatic rings. The summed E-state index contributed by atoms with van der Waals surface area (Å²) in [5, 5.41) is 6.66. The number of H-pyrrole nitrogens is 1. The quantitative estimate of drug-likeness (QED) is 0.219. The third-order valence-corrected chi connectivity index (χ3v) is 4.40. The highest BCUT2D eigenvalue weighted by Crippen LogP contribution is 2.11. The van der Waals surface area contributed by atoms with Crippen LogP contribution in [0.15, 0.2) is 29.3 Å². The van der Waals surface area contributed by atoms with E-state index in [1.807, 2.05) is 18.2 Å². The minimum atomic E-state index is 0. The second-order valence-electron chi connectivity index (χ2n) is 6.44. The van der Waals surface area contributed by atoms with Crippen LogP contribution in [-0.2, 0) is 15.9 Å². The Morgan fingerprint density at radius 2 is 2.11 bits per heavy atom. The van der Waals surface area contributed by atoms with Crippen LogP contribution in [0.3, 0.4) is 0 Å². The van der Waals surface area contributed by atoms with Gasteiger partial charge in [-0.3, -0.25) is 4.99 Å². The van der Waals surface area contributed by atoms with E-state index in [2.05, 4.69) is 31.7 Å². The van der Waals surface area contributed by atoms with Crippen molar-refractivity contribution >= 4 is 41.0 Å². The predicted octanol–water partition coefficient (Wildman–Crippen LogP) is 2.47. The molecular weight excluding hydrogens is 457 g/mol. The van der Waals surface area contributed by atoms with Crippen molar-refractivity contribution in [2.75, 3.05) is 40.0 Å². The normalized spacial score (nSPS) is 17.1. The lowest BCUT2D eigenvalue weighted by Gasteiger charge is -2.13. The molecule has 0 spiro atoms. The van der Waals surface area contributed by atoms with E-state index in [0.29, 0.717) is 0 Å². The van der Waals surface area contributed by atoms with Gasteiger partial charge in [0.1, 0.15) is 5.82 Å². The number of aryl methyl sites for hydroxylation is 1. The van der Waals surface area contributed by atoms with Gasteiger partial charge >= 0.3 is 0 Å². The number of halogens is 1. The van der Waals surface area contributed by atoms with E-state index in [-0.39, 0.29) is 30.1 Å². The third-order valence-electron chi connectivity index (χ3n) is 4.40. The van der Waals surface area contributed by atoms with Gasteiger partial charge in [-0.15, -0.1) is 24.0 Å². The average molecular weight is 487 g/mol. The summed E-state index contributed by atoms with van der Waals surface area (Å²) >= 11 is 0. The smallest absolute Gasteiger partial charge is 0.190 e. The molecule has 0 aliphatic carbocycles. The van der Waals surface area contributed by atoms with Gasteiger partial charge in [0.15, 0.2) is 5.96 Å². The number of fused-ring (bicyclic) bond motifs is 1. The SMILES string of the molecule is CN=C(NCCCOC1CCOC1)NCCCc1nc2ccccc2[nH]1.I. The number of rotatable bonds is 9. The first-order chi connectivity index (χ1) is 12.8. The highest BCUT2D eigenvalue weighted by atomic mass is 127. The summed E-state index contributed by atoms with van der Waals surface area (Å²) in [5.41, 5.74) is 2.12. The topological polar surface area (TPSA) is 83.6 Å². The molecule has 0 radical (unpaired) electrons. The van der Waals surface area contributed by atoms with Gasteiger partial charge in [0, 0.05) is 39.8 Å². The Hall–Kier alpha value is -1.39. The number of imidazole rings is 1. The standard InChI is InChI=1S/C19H29N5O2.HI/c1-20-19(22-11-5-12-26-15-9-13-25-14-15)21-10-4-8-18-23-16-6-2-3-7-17(16)24-18;/h2-3,6-7,15H,4-5,8-14H2,1H3,(H,23,24)(H2,20,21,22);1H. The summed E-state index contributed by atoms with van der Waals surface area (Å²) in [6, 6.07) is 8.12. The van der Waals surface area contributed by atoms with Gasteiger partial charge in [-0.2, -0.15) is 0 Å². The van der Waals surface area contributed by atoms with Crippen LogP contribution in [0.1, 0.15) is 25.1 Å². The lowest BCUT2D eigenvalue weighted by molar-refractivity contribution is 0.0420. The number of nitrogens with one attached hydrogen (secondary N) is 3. The van der Waals surface area contributed by atoms with Crippen LogP contribution in [0.5, 0.6) is 0 Å². The number of aliphatic imine (C=N–C) groups is 1. The molecule has 0 saturated carbocycles. The second-order valence-corrected chi connectivity index (χ2v) is 6.44. The number of benzene rings is 1. The summed E-state index contributed by atoms with van der Waals surface area (Å²) < 4.78 is 11.1. The Bertz CT molecular complexity index is 667. The summed E-state index contributed by atoms with van der Waals surface area (Å²) in [4.78, 5) is 12.2. The van der Waals surface area contributed by atoms with Crippen LogP contribution < -0.4 is 10.6 Å². The summed E-state index contributed by atoms with van der Waals surface area (Å²) in [6.45, 7) is 4.02. The molecule has 8 heteroatoms. The molecule has 3 rings (SSSR count). The van der Waals surface area contributed by atoms with Crippen LogP contribution in [0.2, 0.25) is 0 Å². The minimum absolute atomic E-state index is 0. The molecule has 7 nitrogen and oxygen atoms in total. The van der Waals surface area contributed by atoms with E-state index in [1.165, 1.54) is 0 Å². The molecular formula is C19H30IN5O2. The van der Waals surface area contributed by atoms with Crippen LogP contribution in [0.25, 0.3) is 11.0 Å². The molecule has 1 fully saturated rings. The Labute approximate surface area is 177 Å². The van der Waals surface area contributed by atoms with Crippen molar-refractivity contribution in [2.45, 2.75) is 31.8 Å². The largest absolute Gasteiger partial charge is 0.379 e. The van der Waals surface area contributed by atoms with Crippen molar-refractivity contribution in [2.24, 2.45) is 4.99 Å². The Morgan fingerprint density at radius 3 is 2.85 bits per heavy atom. The fourth-order valence-corrected chi connectivity index (χ4v) is 2.98. The van der Waals surface area contributed by atoms with Gasteiger partial charge < -0.3 is 25.1 Å². The molecule has 3 N–H and O–H groups in total. The van der Waals surface area contributed by atoms with Crippen molar-refractivity contribution in [1.29, 1.82) is 0 Å². The number of guanidine groups is 1. The van der Waals surface area contributed by atoms with E-state index >= 15 is 0 Å². The Morgan fingerprint density at radius 1 is 1.30 bits per heavy atom. The first-order valence-electron chi connectivity index (χ1n) is 9.42. The average Bonchev–Trinajstić information content (AvgIpc) is 3.32. The van der Waals surface area contributed by atoms with Crippen LogP contribution in [-0.4, -0.2) is 62.0 Å². The molecule has 0 amide bonds. The molecule has 150 valence electrons. The van der Waals surface area contributed by atoms with Gasteiger partial charge in [0.2, 0.25) is 0 Å². The van der Waals surface area contributed by atoms with Gasteiger partial charge in [-0.1, -0.05) is 12.1 Å². The number of para-hydroxylation sites is 2. The van der Waals surface area contributed by atoms with E-state index in [0.717, 1.165) is 81.4 Å². The maximum Gasteiger partial charge on any atom is 0.190 e. The predicted molar refractivity (Wildman–Crippen MR) is 119 cm³/mol. The van der Waals surface area contributed by atoms with Crippen molar-refractivity contribution in [3.63, 3.8) is 0 Å². The maximum absolute atomic E-state index is 5.76. The number of hydrogen-bond donors (Lipinski definition) is 3. The molecule has 1 aromatic heterocycles. The van der Waals surface area contributed by atoms with Crippen molar-refractivity contribution in [3.8, 4) is 0 Å². The Kier molecular flexibility index (Phi) is 9.85. The van der Waals surface area contributed by atoms with E-state index in [4.69, 9.17) is 9.47 Å². The van der Waals surface area contributed by atoms with Crippen LogP contribution in [0, 0.1) is 0 Å². The summed E-state index contributed by atoms with van der Waals surface area (Å²) in [7, 11) is 1.79. The van der Waals surface area contributed by atoms with Crippen LogP contribution in [0.4, 0.5) is 0 Å². The number of hydrogen-bond acceptors (Lipinski definition) is 4. The van der Waals surface area contributed by atoms with Gasteiger partial charge in [-0.25, -0.2) is 4.98 Å². The molecule has 1 aromatic carbocycles. The highest BCUT2D eigenvalue weighted by molar-refractivity contribution is 14.0. The van der Waals surface area contributed by atoms with Gasteiger partial charge in [0.25, 0.3) is 0 Å². The number of nitrogens with zero attached hydrogens (tertiary/aromatic N) is 2. The highest BCUT2D eigenvalue weighted by Gasteiger charge is 2.15. The number of aromatic nitrogens is 2. The molecule has 0 bridgehead atoms. The lowest BCUT2D eigenvalue weighted by atomic mass is 10.3. The fourth-order valence-electron chi connectivity index (χ4n) is 2.98. The van der Waals surface area contributed by atoms with E-state index in [9.17, 15) is 0 Å². The number of ether oxygens (including phenoxy) is 2. The zero-order valence-corrected chi connectivity index (χ0v) is 18.2. The first-order valence-corrected chi connectivity index (χ1v) is 9.42. The minimum Gasteiger partial charge on any atom is -0.379 e. The van der Waals surface area contributed by atoms with Gasteiger partial charge in [-0.05, 0) is 31.4 Å². The molecule has 1 aliphatic heterocycles. The summed E-state index contributed by atoms with van der Waals surface area (Å²) in [6.07, 6.45) is 4.16. The molecule has 2 aromatic rings. The zero-order chi connectivity index (χ0) is 18.0. The Balaban J connectivity index is 0.00000261. The van der Waals surface area contributed by atoms with Crippen molar-refractivity contribution < 1.29 is 9.47 Å². The van der Waals surface area contributed by atoms with E-state index < -0.39 is 0 Å². The second kappa shape index (κ2) is 12.1. The molecule has 1 unspecified atom stereocenters. The summed E-state index contributed by atoms with van der Waals surface area (Å²) in [5.74, 6) is 1.86. The number of aromatic amines is 1. The zero-order valence-electron chi connectivity index (χ0n) is 15.9. The van der Waals surface area contributed by atoms with Crippen molar-refractivity contribution in [1.82, 2.24) is 20.6 Å². The molecule has 1 saturated heterocycles. The first kappa shape index (κ1) is 21.9.